The van der Waals surface area contributed by atoms with E-state index in [4.69, 9.17) is 13.9 Å². The van der Waals surface area contributed by atoms with Gasteiger partial charge in [0.25, 0.3) is 0 Å². The minimum absolute atomic E-state index is 0.0248. The van der Waals surface area contributed by atoms with Crippen LogP contribution in [0.2, 0.25) is 0 Å². The summed E-state index contributed by atoms with van der Waals surface area (Å²) in [5.74, 6) is 2.53. The van der Waals surface area contributed by atoms with Gasteiger partial charge >= 0.3 is 0 Å². The fraction of sp³-hybridized carbons (Fsp3) is 0.321. The zero-order valence-electron chi connectivity index (χ0n) is 21.5. The lowest BCUT2D eigenvalue weighted by Crippen LogP contribution is -2.44. The van der Waals surface area contributed by atoms with Gasteiger partial charge in [0.2, 0.25) is 11.7 Å². The van der Waals surface area contributed by atoms with E-state index in [-0.39, 0.29) is 17.7 Å². The van der Waals surface area contributed by atoms with E-state index in [2.05, 4.69) is 44.7 Å². The van der Waals surface area contributed by atoms with Crippen LogP contribution in [0.1, 0.15) is 18.4 Å². The normalized spacial score (nSPS) is 14.4. The second-order valence-electron chi connectivity index (χ2n) is 9.05. The van der Waals surface area contributed by atoms with Crippen LogP contribution in [0, 0.1) is 0 Å². The summed E-state index contributed by atoms with van der Waals surface area (Å²) in [4.78, 5) is 15.3. The van der Waals surface area contributed by atoms with Crippen molar-refractivity contribution in [1.82, 2.24) is 25.0 Å². The Kier molecular flexibility index (Phi) is 8.30. The first-order chi connectivity index (χ1) is 18.6. The maximum atomic E-state index is 12.9. The van der Waals surface area contributed by atoms with Crippen molar-refractivity contribution in [2.24, 2.45) is 0 Å². The number of furan rings is 1. The summed E-state index contributed by atoms with van der Waals surface area (Å²) >= 11 is 1.32. The number of ether oxygens (including phenoxy) is 2. The highest BCUT2D eigenvalue weighted by Crippen LogP contribution is 2.35. The molecule has 0 radical (unpaired) electrons. The van der Waals surface area contributed by atoms with Crippen molar-refractivity contribution >= 4 is 17.7 Å². The zero-order chi connectivity index (χ0) is 26.3. The first-order valence-corrected chi connectivity index (χ1v) is 13.5. The highest BCUT2D eigenvalue weighted by molar-refractivity contribution is 7.99. The van der Waals surface area contributed by atoms with Crippen LogP contribution >= 0.6 is 11.8 Å². The van der Waals surface area contributed by atoms with Crippen LogP contribution in [-0.2, 0) is 11.3 Å². The van der Waals surface area contributed by atoms with Gasteiger partial charge in [0.15, 0.2) is 10.9 Å². The number of piperidine rings is 1. The van der Waals surface area contributed by atoms with Gasteiger partial charge in [0, 0.05) is 31.7 Å². The van der Waals surface area contributed by atoms with E-state index in [0.717, 1.165) is 32.5 Å². The average molecular weight is 534 g/mol. The monoisotopic (exact) mass is 533 g/mol. The predicted molar refractivity (Wildman–Crippen MR) is 146 cm³/mol. The number of rotatable bonds is 10. The standard InChI is InChI=1S/C28H31N5O4S/c1-35-22-10-11-24(36-2)23(17-22)33-27(25-9-6-16-37-25)30-31-28(33)38-19-26(34)29-21-12-14-32(15-13-21)18-20-7-4-3-5-8-20/h3-11,16-17,21H,12-15,18-19H2,1-2H3,(H,29,34). The van der Waals surface area contributed by atoms with E-state index >= 15 is 0 Å². The molecule has 2 aromatic carbocycles. The van der Waals surface area contributed by atoms with Gasteiger partial charge in [0.05, 0.1) is 31.9 Å². The third-order valence-electron chi connectivity index (χ3n) is 6.54. The second kappa shape index (κ2) is 12.2. The molecule has 1 aliphatic heterocycles. The Labute approximate surface area is 226 Å². The van der Waals surface area contributed by atoms with Gasteiger partial charge in [-0.1, -0.05) is 42.1 Å². The molecule has 0 bridgehead atoms. The first-order valence-electron chi connectivity index (χ1n) is 12.5. The molecule has 1 fully saturated rings. The highest BCUT2D eigenvalue weighted by atomic mass is 32.2. The van der Waals surface area contributed by atoms with Gasteiger partial charge in [-0.2, -0.15) is 0 Å². The first kappa shape index (κ1) is 25.9. The van der Waals surface area contributed by atoms with Crippen molar-refractivity contribution in [2.45, 2.75) is 30.6 Å². The van der Waals surface area contributed by atoms with Gasteiger partial charge < -0.3 is 19.2 Å². The molecule has 198 valence electrons. The fourth-order valence-corrected chi connectivity index (χ4v) is 5.35. The Morgan fingerprint density at radius 1 is 1.05 bits per heavy atom. The molecule has 5 rings (SSSR count). The second-order valence-corrected chi connectivity index (χ2v) is 9.99. The Morgan fingerprint density at radius 3 is 2.58 bits per heavy atom. The summed E-state index contributed by atoms with van der Waals surface area (Å²) in [6.07, 6.45) is 3.45. The lowest BCUT2D eigenvalue weighted by atomic mass is 10.0. The minimum Gasteiger partial charge on any atom is -0.497 e. The molecule has 0 spiro atoms. The van der Waals surface area contributed by atoms with Gasteiger partial charge in [0.1, 0.15) is 11.5 Å². The molecule has 0 atom stereocenters. The van der Waals surface area contributed by atoms with Crippen LogP contribution in [-0.4, -0.2) is 64.7 Å². The maximum absolute atomic E-state index is 12.9. The van der Waals surface area contributed by atoms with E-state index in [1.165, 1.54) is 17.3 Å². The van der Waals surface area contributed by atoms with Crippen molar-refractivity contribution in [1.29, 1.82) is 0 Å². The summed E-state index contributed by atoms with van der Waals surface area (Å²) in [6, 6.07) is 19.8. The van der Waals surface area contributed by atoms with Crippen molar-refractivity contribution in [3.05, 3.63) is 72.5 Å². The third kappa shape index (κ3) is 6.03. The Balaban J connectivity index is 1.25. The molecule has 0 saturated carbocycles. The van der Waals surface area contributed by atoms with Crippen LogP contribution in [0.4, 0.5) is 0 Å². The van der Waals surface area contributed by atoms with Crippen molar-refractivity contribution in [3.63, 3.8) is 0 Å². The molecule has 1 amide bonds. The van der Waals surface area contributed by atoms with Crippen LogP contribution in [0.5, 0.6) is 11.5 Å². The molecule has 1 saturated heterocycles. The van der Waals surface area contributed by atoms with Gasteiger partial charge in [-0.05, 0) is 42.7 Å². The number of likely N-dealkylation sites (tertiary alicyclic amines) is 1. The topological polar surface area (TPSA) is 94.7 Å². The van der Waals surface area contributed by atoms with E-state index < -0.39 is 0 Å². The summed E-state index contributed by atoms with van der Waals surface area (Å²) in [6.45, 7) is 2.87. The van der Waals surface area contributed by atoms with E-state index in [9.17, 15) is 4.79 Å². The Hall–Kier alpha value is -3.76. The molecular formula is C28H31N5O4S. The van der Waals surface area contributed by atoms with Gasteiger partial charge in [-0.15, -0.1) is 10.2 Å². The van der Waals surface area contributed by atoms with E-state index in [0.29, 0.717) is 33.9 Å². The number of thioether (sulfide) groups is 1. The molecule has 3 heterocycles. The third-order valence-corrected chi connectivity index (χ3v) is 7.46. The number of aromatic nitrogens is 3. The molecule has 38 heavy (non-hydrogen) atoms. The summed E-state index contributed by atoms with van der Waals surface area (Å²) < 4.78 is 18.5. The number of methoxy groups -OCH3 is 2. The number of carbonyl (C=O) groups excluding carboxylic acids is 1. The van der Waals surface area contributed by atoms with Crippen LogP contribution < -0.4 is 14.8 Å². The van der Waals surface area contributed by atoms with Gasteiger partial charge in [-0.25, -0.2) is 0 Å². The molecule has 0 aliphatic carbocycles. The number of nitrogens with zero attached hydrogens (tertiary/aromatic N) is 4. The lowest BCUT2D eigenvalue weighted by Gasteiger charge is -2.32. The molecule has 0 unspecified atom stereocenters. The summed E-state index contributed by atoms with van der Waals surface area (Å²) in [5, 5.41) is 12.5. The molecule has 4 aromatic rings. The lowest BCUT2D eigenvalue weighted by molar-refractivity contribution is -0.119. The average Bonchev–Trinajstić information content (AvgIpc) is 3.63. The molecule has 1 N–H and O–H groups in total. The highest BCUT2D eigenvalue weighted by Gasteiger charge is 2.24. The molecule has 2 aromatic heterocycles. The van der Waals surface area contributed by atoms with E-state index in [1.54, 1.807) is 26.5 Å². The molecule has 10 heteroatoms. The number of nitrogens with one attached hydrogen (secondary N) is 1. The molecular weight excluding hydrogens is 502 g/mol. The van der Waals surface area contributed by atoms with Crippen molar-refractivity contribution < 1.29 is 18.7 Å². The number of hydrogen-bond donors (Lipinski definition) is 1. The maximum Gasteiger partial charge on any atom is 0.230 e. The fourth-order valence-electron chi connectivity index (χ4n) is 4.59. The number of benzene rings is 2. The SMILES string of the molecule is COc1ccc(OC)c(-n2c(SCC(=O)NC3CCN(Cc4ccccc4)CC3)nnc2-c2ccco2)c1. The van der Waals surface area contributed by atoms with Crippen LogP contribution in [0.15, 0.2) is 76.5 Å². The van der Waals surface area contributed by atoms with Crippen molar-refractivity contribution in [2.75, 3.05) is 33.1 Å². The number of hydrogen-bond acceptors (Lipinski definition) is 8. The number of carbonyl (C=O) groups is 1. The van der Waals surface area contributed by atoms with Crippen molar-refractivity contribution in [3.8, 4) is 28.8 Å². The molecule has 1 aliphatic rings. The summed E-state index contributed by atoms with van der Waals surface area (Å²) in [7, 11) is 3.21. The smallest absolute Gasteiger partial charge is 0.230 e. The summed E-state index contributed by atoms with van der Waals surface area (Å²) in [5.41, 5.74) is 2.01. The minimum atomic E-state index is -0.0248. The van der Waals surface area contributed by atoms with Crippen LogP contribution in [0.25, 0.3) is 17.3 Å². The quantitative estimate of drug-likeness (QED) is 0.300. The largest absolute Gasteiger partial charge is 0.497 e. The zero-order valence-corrected chi connectivity index (χ0v) is 22.3. The Bertz CT molecular complexity index is 1330. The number of amides is 1. The van der Waals surface area contributed by atoms with E-state index in [1.807, 2.05) is 34.9 Å². The Morgan fingerprint density at radius 2 is 1.87 bits per heavy atom. The van der Waals surface area contributed by atoms with Crippen LogP contribution in [0.3, 0.4) is 0 Å². The van der Waals surface area contributed by atoms with Gasteiger partial charge in [-0.3, -0.25) is 14.3 Å². The molecule has 9 nitrogen and oxygen atoms in total. The predicted octanol–water partition coefficient (Wildman–Crippen LogP) is 4.42.